The number of hydrogen-bond donors (Lipinski definition) is 1. The molecule has 0 fully saturated rings. The molecule has 1 aromatic carbocycles. The number of non-ortho nitro benzene ring substituents is 1. The van der Waals surface area contributed by atoms with E-state index in [2.05, 4.69) is 4.28 Å². The Bertz CT molecular complexity index is 823. The molecular formula is C11H11N2O7S-. The number of fused-ring (bicyclic) bond motifs is 1. The summed E-state index contributed by atoms with van der Waals surface area (Å²) in [5.74, 6) is -1.72. The molecule has 0 saturated heterocycles. The zero-order valence-electron chi connectivity index (χ0n) is 11.0. The molecule has 0 saturated carbocycles. The molecule has 9 nitrogen and oxygen atoms in total. The van der Waals surface area contributed by atoms with Crippen LogP contribution >= 0.6 is 0 Å². The summed E-state index contributed by atoms with van der Waals surface area (Å²) in [5, 5.41) is 31.4. The van der Waals surface area contributed by atoms with Gasteiger partial charge in [0.2, 0.25) is 5.88 Å². The lowest BCUT2D eigenvalue weighted by Crippen LogP contribution is -2.27. The number of aromatic hydroxyl groups is 1. The Morgan fingerprint density at radius 2 is 1.95 bits per heavy atom. The minimum absolute atomic E-state index is 0.0374. The first-order valence-electron chi connectivity index (χ1n) is 5.77. The molecule has 2 rings (SSSR count). The molecule has 0 aliphatic rings. The second kappa shape index (κ2) is 4.81. The highest BCUT2D eigenvalue weighted by Crippen LogP contribution is 2.36. The normalized spacial score (nSPS) is 12.0. The van der Waals surface area contributed by atoms with Crippen molar-refractivity contribution in [1.82, 2.24) is 4.73 Å². The first kappa shape index (κ1) is 14.9. The first-order chi connectivity index (χ1) is 9.65. The van der Waals surface area contributed by atoms with Crippen LogP contribution in [0.5, 0.6) is 11.8 Å². The summed E-state index contributed by atoms with van der Waals surface area (Å²) in [6.45, 7) is 2.68. The fourth-order valence-corrected chi connectivity index (χ4v) is 2.11. The Kier molecular flexibility index (Phi) is 3.41. The molecule has 0 atom stereocenters. The molecule has 0 bridgehead atoms. The summed E-state index contributed by atoms with van der Waals surface area (Å²) in [7, 11) is -4.10. The highest BCUT2D eigenvalue weighted by Gasteiger charge is 2.23. The van der Waals surface area contributed by atoms with Gasteiger partial charge in [0.05, 0.1) is 10.2 Å². The third kappa shape index (κ3) is 2.44. The smallest absolute Gasteiger partial charge is 0.329 e. The summed E-state index contributed by atoms with van der Waals surface area (Å²) in [5.41, 5.74) is -0.358. The highest BCUT2D eigenvalue weighted by atomic mass is 32.2. The molecule has 114 valence electrons. The van der Waals surface area contributed by atoms with Crippen molar-refractivity contribution in [2.45, 2.75) is 19.1 Å². The van der Waals surface area contributed by atoms with Crippen LogP contribution in [-0.2, 0) is 10.1 Å². The van der Waals surface area contributed by atoms with E-state index in [-0.39, 0.29) is 21.2 Å². The minimum atomic E-state index is -4.10. The predicted octanol–water partition coefficient (Wildman–Crippen LogP) is 0.495. The number of hydrogen-bond acceptors (Lipinski definition) is 7. The molecule has 1 aromatic heterocycles. The number of nitro benzene ring substituents is 1. The lowest BCUT2D eigenvalue weighted by Gasteiger charge is -2.15. The minimum Gasteiger partial charge on any atom is -0.857 e. The van der Waals surface area contributed by atoms with Crippen molar-refractivity contribution >= 4 is 26.6 Å². The molecule has 0 aliphatic heterocycles. The van der Waals surface area contributed by atoms with E-state index in [4.69, 9.17) is 0 Å². The van der Waals surface area contributed by atoms with Crippen molar-refractivity contribution in [2.24, 2.45) is 0 Å². The van der Waals surface area contributed by atoms with Gasteiger partial charge in [0.25, 0.3) is 5.69 Å². The predicted molar refractivity (Wildman–Crippen MR) is 70.3 cm³/mol. The van der Waals surface area contributed by atoms with E-state index >= 15 is 0 Å². The summed E-state index contributed by atoms with van der Waals surface area (Å²) in [6.07, 6.45) is 0. The van der Waals surface area contributed by atoms with Crippen molar-refractivity contribution in [1.29, 1.82) is 0 Å². The average Bonchev–Trinajstić information content (AvgIpc) is 2.63. The van der Waals surface area contributed by atoms with Gasteiger partial charge in [-0.2, -0.15) is 8.42 Å². The van der Waals surface area contributed by atoms with Gasteiger partial charge in [-0.1, -0.05) is 0 Å². The average molecular weight is 315 g/mol. The number of benzene rings is 1. The summed E-state index contributed by atoms with van der Waals surface area (Å²) >= 11 is 0. The van der Waals surface area contributed by atoms with Gasteiger partial charge >= 0.3 is 10.1 Å². The van der Waals surface area contributed by atoms with Gasteiger partial charge in [-0.3, -0.25) is 14.4 Å². The van der Waals surface area contributed by atoms with Crippen molar-refractivity contribution < 1.29 is 27.8 Å². The number of nitro groups is 1. The fraction of sp³-hybridized carbons (Fsp3) is 0.273. The second-order valence-corrected chi connectivity index (χ2v) is 6.60. The monoisotopic (exact) mass is 315 g/mol. The van der Waals surface area contributed by atoms with E-state index in [0.717, 1.165) is 18.2 Å². The third-order valence-corrected chi connectivity index (χ3v) is 4.33. The molecule has 21 heavy (non-hydrogen) atoms. The Balaban J connectivity index is 2.64. The van der Waals surface area contributed by atoms with Crippen LogP contribution in [0, 0.1) is 10.1 Å². The largest absolute Gasteiger partial charge is 0.857 e. The topological polar surface area (TPSA) is 135 Å². The first-order valence-corrected chi connectivity index (χ1v) is 7.25. The summed E-state index contributed by atoms with van der Waals surface area (Å²) in [6, 6.07) is 3.17. The zero-order valence-corrected chi connectivity index (χ0v) is 11.8. The molecule has 1 N–H and O–H groups in total. The van der Waals surface area contributed by atoms with Crippen LogP contribution in [-0.4, -0.2) is 28.4 Å². The van der Waals surface area contributed by atoms with E-state index in [1.807, 2.05) is 0 Å². The van der Waals surface area contributed by atoms with E-state index in [0.29, 0.717) is 0 Å². The molecule has 0 radical (unpaired) electrons. The quantitative estimate of drug-likeness (QED) is 0.641. The van der Waals surface area contributed by atoms with Gasteiger partial charge in [0.15, 0.2) is 0 Å². The summed E-state index contributed by atoms with van der Waals surface area (Å²) in [4.78, 5) is 9.96. The van der Waals surface area contributed by atoms with Gasteiger partial charge in [0, 0.05) is 28.8 Å². The molecule has 10 heteroatoms. The molecular weight excluding hydrogens is 304 g/mol. The Morgan fingerprint density at radius 1 is 1.33 bits per heavy atom. The van der Waals surface area contributed by atoms with Crippen LogP contribution in [0.15, 0.2) is 18.2 Å². The van der Waals surface area contributed by atoms with Gasteiger partial charge in [-0.15, -0.1) is 4.73 Å². The Labute approximate surface area is 119 Å². The molecule has 2 aromatic rings. The van der Waals surface area contributed by atoms with E-state index in [1.165, 1.54) is 13.8 Å². The number of nitrogens with zero attached hydrogens (tertiary/aromatic N) is 2. The molecule has 0 aliphatic carbocycles. The lowest BCUT2D eigenvalue weighted by atomic mass is 10.2. The SMILES string of the molecule is CC(C)S(=O)(=O)On1c([O-])c2cc([N+](=O)[O-])ccc2c1O. The summed E-state index contributed by atoms with van der Waals surface area (Å²) < 4.78 is 28.1. The highest BCUT2D eigenvalue weighted by molar-refractivity contribution is 7.87. The van der Waals surface area contributed by atoms with Crippen LogP contribution in [0.1, 0.15) is 13.8 Å². The van der Waals surface area contributed by atoms with Gasteiger partial charge in [-0.25, -0.2) is 0 Å². The number of rotatable bonds is 4. The van der Waals surface area contributed by atoms with Crippen LogP contribution < -0.4 is 9.39 Å². The lowest BCUT2D eigenvalue weighted by molar-refractivity contribution is -0.384. The van der Waals surface area contributed by atoms with Crippen LogP contribution in [0.25, 0.3) is 10.8 Å². The van der Waals surface area contributed by atoms with E-state index < -0.39 is 32.1 Å². The third-order valence-electron chi connectivity index (χ3n) is 2.82. The van der Waals surface area contributed by atoms with Crippen LogP contribution in [0.2, 0.25) is 0 Å². The Morgan fingerprint density at radius 3 is 2.48 bits per heavy atom. The van der Waals surface area contributed by atoms with Crippen LogP contribution in [0.3, 0.4) is 0 Å². The molecule has 1 heterocycles. The zero-order chi connectivity index (χ0) is 15.9. The Hall–Kier alpha value is -2.49. The standard InChI is InChI=1S/C11H12N2O7S/c1-6(2)21(18,19)20-12-10(14)8-4-3-7(13(16)17)5-9(8)11(12)15/h3-6,14-15H,1-2H3/p-1. The maximum absolute atomic E-state index is 12.0. The van der Waals surface area contributed by atoms with Crippen LogP contribution in [0.4, 0.5) is 5.69 Å². The second-order valence-electron chi connectivity index (χ2n) is 4.53. The van der Waals surface area contributed by atoms with Crippen molar-refractivity contribution in [3.63, 3.8) is 0 Å². The van der Waals surface area contributed by atoms with E-state index in [9.17, 15) is 28.7 Å². The number of aromatic nitrogens is 1. The van der Waals surface area contributed by atoms with Crippen molar-refractivity contribution in [3.8, 4) is 11.8 Å². The van der Waals surface area contributed by atoms with E-state index in [1.54, 1.807) is 0 Å². The maximum Gasteiger partial charge on any atom is 0.329 e. The van der Waals surface area contributed by atoms with Crippen molar-refractivity contribution in [2.75, 3.05) is 0 Å². The molecule has 0 amide bonds. The van der Waals surface area contributed by atoms with Crippen molar-refractivity contribution in [3.05, 3.63) is 28.3 Å². The fourth-order valence-electron chi connectivity index (χ4n) is 1.59. The van der Waals surface area contributed by atoms with Gasteiger partial charge in [0.1, 0.15) is 0 Å². The molecule has 0 spiro atoms. The van der Waals surface area contributed by atoms with Gasteiger partial charge < -0.3 is 10.2 Å². The van der Waals surface area contributed by atoms with Gasteiger partial charge in [-0.05, 0) is 19.9 Å². The maximum atomic E-state index is 12.0. The molecule has 0 unspecified atom stereocenters.